The standard InChI is InChI=1S/C21H27O2P/c1-6-21(7-2,18-13-16(4)8-10-19(18)23-5)24-20-11-9-15(3)12-17(20)14-22/h8-14,24H,6-7H2,1-5H3. The van der Waals surface area contributed by atoms with Gasteiger partial charge in [0.15, 0.2) is 6.29 Å². The van der Waals surface area contributed by atoms with Crippen LogP contribution in [0, 0.1) is 13.8 Å². The summed E-state index contributed by atoms with van der Waals surface area (Å²) >= 11 is 0. The van der Waals surface area contributed by atoms with Gasteiger partial charge in [0, 0.05) is 16.3 Å². The highest BCUT2D eigenvalue weighted by Gasteiger charge is 2.32. The number of hydrogen-bond donors (Lipinski definition) is 0. The van der Waals surface area contributed by atoms with E-state index in [0.717, 1.165) is 41.3 Å². The first-order valence-corrected chi connectivity index (χ1v) is 9.48. The largest absolute Gasteiger partial charge is 0.496 e. The van der Waals surface area contributed by atoms with Gasteiger partial charge in [0.05, 0.1) is 7.11 Å². The summed E-state index contributed by atoms with van der Waals surface area (Å²) in [4.78, 5) is 11.5. The summed E-state index contributed by atoms with van der Waals surface area (Å²) in [5.41, 5.74) is 4.43. The van der Waals surface area contributed by atoms with Gasteiger partial charge < -0.3 is 4.74 Å². The molecule has 0 saturated heterocycles. The van der Waals surface area contributed by atoms with E-state index >= 15 is 0 Å². The molecule has 2 aromatic carbocycles. The number of hydrogen-bond acceptors (Lipinski definition) is 2. The molecule has 2 aromatic rings. The van der Waals surface area contributed by atoms with Crippen molar-refractivity contribution < 1.29 is 9.53 Å². The predicted octanol–water partition coefficient (Wildman–Crippen LogP) is 5.14. The van der Waals surface area contributed by atoms with Crippen molar-refractivity contribution in [2.75, 3.05) is 7.11 Å². The van der Waals surface area contributed by atoms with Gasteiger partial charge in [0.25, 0.3) is 0 Å². The number of benzene rings is 2. The molecule has 0 fully saturated rings. The van der Waals surface area contributed by atoms with Gasteiger partial charge in [-0.1, -0.05) is 57.8 Å². The first-order valence-electron chi connectivity index (χ1n) is 8.48. The number of aryl methyl sites for hydroxylation is 2. The zero-order valence-electron chi connectivity index (χ0n) is 15.3. The topological polar surface area (TPSA) is 26.3 Å². The lowest BCUT2D eigenvalue weighted by Gasteiger charge is -2.34. The highest BCUT2D eigenvalue weighted by Crippen LogP contribution is 2.50. The van der Waals surface area contributed by atoms with Gasteiger partial charge in [-0.25, -0.2) is 0 Å². The van der Waals surface area contributed by atoms with Gasteiger partial charge in [0.2, 0.25) is 0 Å². The van der Waals surface area contributed by atoms with E-state index in [1.165, 1.54) is 11.1 Å². The Kier molecular flexibility index (Phi) is 6.18. The van der Waals surface area contributed by atoms with Crippen molar-refractivity contribution in [3.63, 3.8) is 0 Å². The van der Waals surface area contributed by atoms with Crippen molar-refractivity contribution in [1.29, 1.82) is 0 Å². The van der Waals surface area contributed by atoms with Crippen LogP contribution in [-0.4, -0.2) is 13.4 Å². The number of rotatable bonds is 7. The third kappa shape index (κ3) is 3.70. The molecular formula is C21H27O2P. The second kappa shape index (κ2) is 7.94. The van der Waals surface area contributed by atoms with Crippen LogP contribution in [0.15, 0.2) is 36.4 Å². The number of methoxy groups -OCH3 is 1. The lowest BCUT2D eigenvalue weighted by Crippen LogP contribution is -2.24. The second-order valence-corrected chi connectivity index (χ2v) is 8.07. The Labute approximate surface area is 147 Å². The molecule has 0 N–H and O–H groups in total. The van der Waals surface area contributed by atoms with Crippen LogP contribution < -0.4 is 10.0 Å². The minimum atomic E-state index is -0.00954. The normalized spacial score (nSPS) is 11.9. The highest BCUT2D eigenvalue weighted by molar-refractivity contribution is 7.48. The van der Waals surface area contributed by atoms with Crippen molar-refractivity contribution in [1.82, 2.24) is 0 Å². The van der Waals surface area contributed by atoms with Gasteiger partial charge in [-0.3, -0.25) is 4.79 Å². The molecule has 24 heavy (non-hydrogen) atoms. The Morgan fingerprint density at radius 1 is 1.04 bits per heavy atom. The minimum Gasteiger partial charge on any atom is -0.496 e. The fourth-order valence-corrected chi connectivity index (χ4v) is 4.86. The number of aldehydes is 1. The maximum absolute atomic E-state index is 11.5. The minimum absolute atomic E-state index is 0.00954. The Morgan fingerprint density at radius 3 is 2.25 bits per heavy atom. The SMILES string of the molecule is CCC(CC)(Pc1ccc(C)cc1C=O)c1cc(C)ccc1OC. The van der Waals surface area contributed by atoms with Crippen LogP contribution in [0.25, 0.3) is 0 Å². The van der Waals surface area contributed by atoms with E-state index in [0.29, 0.717) is 8.58 Å². The van der Waals surface area contributed by atoms with Gasteiger partial charge in [0.1, 0.15) is 5.75 Å². The van der Waals surface area contributed by atoms with E-state index < -0.39 is 0 Å². The van der Waals surface area contributed by atoms with E-state index in [4.69, 9.17) is 4.74 Å². The molecule has 2 rings (SSSR count). The molecule has 1 unspecified atom stereocenters. The lowest BCUT2D eigenvalue weighted by molar-refractivity contribution is 0.112. The second-order valence-electron chi connectivity index (χ2n) is 6.33. The quantitative estimate of drug-likeness (QED) is 0.514. The van der Waals surface area contributed by atoms with Crippen molar-refractivity contribution >= 4 is 20.2 Å². The summed E-state index contributed by atoms with van der Waals surface area (Å²) in [6.45, 7) is 8.60. The summed E-state index contributed by atoms with van der Waals surface area (Å²) in [5.74, 6) is 0.941. The molecule has 0 spiro atoms. The van der Waals surface area contributed by atoms with Gasteiger partial charge in [-0.15, -0.1) is 0 Å². The molecule has 0 aromatic heterocycles. The summed E-state index contributed by atoms with van der Waals surface area (Å²) in [6, 6.07) is 12.6. The Morgan fingerprint density at radius 2 is 1.67 bits per heavy atom. The van der Waals surface area contributed by atoms with Gasteiger partial charge in [-0.05, 0) is 44.1 Å². The molecule has 1 atom stereocenters. The van der Waals surface area contributed by atoms with Gasteiger partial charge >= 0.3 is 0 Å². The van der Waals surface area contributed by atoms with Crippen LogP contribution >= 0.6 is 8.58 Å². The third-order valence-electron chi connectivity index (χ3n) is 4.79. The van der Waals surface area contributed by atoms with Crippen LogP contribution in [-0.2, 0) is 5.16 Å². The smallest absolute Gasteiger partial charge is 0.150 e. The molecule has 0 aliphatic rings. The van der Waals surface area contributed by atoms with E-state index in [-0.39, 0.29) is 5.16 Å². The van der Waals surface area contributed by atoms with E-state index in [9.17, 15) is 4.79 Å². The average molecular weight is 342 g/mol. The molecule has 0 bridgehead atoms. The van der Waals surface area contributed by atoms with E-state index in [1.807, 2.05) is 13.0 Å². The summed E-state index contributed by atoms with van der Waals surface area (Å²) < 4.78 is 5.66. The number of carbonyl (C=O) groups excluding carboxylic acids is 1. The van der Waals surface area contributed by atoms with Crippen LogP contribution in [0.5, 0.6) is 5.75 Å². The van der Waals surface area contributed by atoms with Gasteiger partial charge in [-0.2, -0.15) is 0 Å². The van der Waals surface area contributed by atoms with Crippen molar-refractivity contribution in [3.05, 3.63) is 58.7 Å². The van der Waals surface area contributed by atoms with Crippen molar-refractivity contribution in [2.45, 2.75) is 45.7 Å². The first-order chi connectivity index (χ1) is 11.5. The van der Waals surface area contributed by atoms with E-state index in [1.54, 1.807) is 7.11 Å². The average Bonchev–Trinajstić information content (AvgIpc) is 2.61. The highest BCUT2D eigenvalue weighted by atomic mass is 31.1. The van der Waals surface area contributed by atoms with Crippen molar-refractivity contribution in [3.8, 4) is 5.75 Å². The zero-order valence-corrected chi connectivity index (χ0v) is 16.3. The van der Waals surface area contributed by atoms with Crippen LogP contribution in [0.3, 0.4) is 0 Å². The fraction of sp³-hybridized carbons (Fsp3) is 0.381. The number of carbonyl (C=O) groups is 1. The molecule has 0 aliphatic heterocycles. The molecule has 0 aliphatic carbocycles. The maximum Gasteiger partial charge on any atom is 0.150 e. The van der Waals surface area contributed by atoms with Crippen LogP contribution in [0.4, 0.5) is 0 Å². The van der Waals surface area contributed by atoms with Crippen LogP contribution in [0.1, 0.15) is 53.7 Å². The van der Waals surface area contributed by atoms with E-state index in [2.05, 4.69) is 51.1 Å². The molecule has 0 amide bonds. The maximum atomic E-state index is 11.5. The first kappa shape index (κ1) is 18.7. The number of ether oxygens (including phenoxy) is 1. The third-order valence-corrected chi connectivity index (χ3v) is 6.97. The molecule has 128 valence electrons. The molecule has 0 radical (unpaired) electrons. The monoisotopic (exact) mass is 342 g/mol. The predicted molar refractivity (Wildman–Crippen MR) is 105 cm³/mol. The Bertz CT molecular complexity index is 718. The molecule has 2 nitrogen and oxygen atoms in total. The Balaban J connectivity index is 2.57. The fourth-order valence-electron chi connectivity index (χ4n) is 3.22. The molecular weight excluding hydrogens is 315 g/mol. The Hall–Kier alpha value is -1.66. The lowest BCUT2D eigenvalue weighted by atomic mass is 9.90. The summed E-state index contributed by atoms with van der Waals surface area (Å²) in [7, 11) is 2.26. The zero-order chi connectivity index (χ0) is 17.7. The van der Waals surface area contributed by atoms with Crippen LogP contribution in [0.2, 0.25) is 0 Å². The molecule has 3 heteroatoms. The summed E-state index contributed by atoms with van der Waals surface area (Å²) in [6.07, 6.45) is 3.00. The summed E-state index contributed by atoms with van der Waals surface area (Å²) in [5, 5.41) is 1.13. The molecule has 0 heterocycles. The molecule has 0 saturated carbocycles. The van der Waals surface area contributed by atoms with Crippen molar-refractivity contribution in [2.24, 2.45) is 0 Å².